The summed E-state index contributed by atoms with van der Waals surface area (Å²) in [5.41, 5.74) is 8.70. The number of nitrogens with zero attached hydrogens (tertiary/aromatic N) is 1. The van der Waals surface area contributed by atoms with Gasteiger partial charge in [0, 0.05) is 6.04 Å². The molecular weight excluding hydrogens is 244 g/mol. The van der Waals surface area contributed by atoms with Crippen LogP contribution in [0.15, 0.2) is 46.4 Å². The highest BCUT2D eigenvalue weighted by molar-refractivity contribution is 7.99. The van der Waals surface area contributed by atoms with Gasteiger partial charge in [0.05, 0.1) is 11.4 Å². The molecule has 3 nitrogen and oxygen atoms in total. The van der Waals surface area contributed by atoms with E-state index in [2.05, 4.69) is 43.1 Å². The fourth-order valence-electron chi connectivity index (χ4n) is 1.84. The first-order valence-corrected chi connectivity index (χ1v) is 6.97. The van der Waals surface area contributed by atoms with Crippen LogP contribution in [0.25, 0.3) is 0 Å². The Labute approximate surface area is 112 Å². The second-order valence-electron chi connectivity index (χ2n) is 4.32. The summed E-state index contributed by atoms with van der Waals surface area (Å²) < 4.78 is 5.31. The van der Waals surface area contributed by atoms with E-state index in [0.29, 0.717) is 5.22 Å². The number of nitrogens with two attached hydrogens (primary N) is 1. The van der Waals surface area contributed by atoms with Gasteiger partial charge in [0.15, 0.2) is 0 Å². The minimum atomic E-state index is 0.0868. The Morgan fingerprint density at radius 2 is 2.28 bits per heavy atom. The van der Waals surface area contributed by atoms with Crippen molar-refractivity contribution >= 4 is 11.8 Å². The molecule has 2 atom stereocenters. The molecule has 0 bridgehead atoms. The number of aryl methyl sites for hydroxylation is 1. The topological polar surface area (TPSA) is 52.0 Å². The molecular formula is C14H18N2OS. The Balaban J connectivity index is 2.25. The predicted octanol–water partition coefficient (Wildman–Crippen LogP) is 3.55. The molecule has 0 saturated heterocycles. The molecule has 0 amide bonds. The lowest BCUT2D eigenvalue weighted by molar-refractivity contribution is 0.451. The Morgan fingerprint density at radius 1 is 1.44 bits per heavy atom. The van der Waals surface area contributed by atoms with E-state index < -0.39 is 0 Å². The van der Waals surface area contributed by atoms with Crippen molar-refractivity contribution in [3.63, 3.8) is 0 Å². The van der Waals surface area contributed by atoms with E-state index in [4.69, 9.17) is 10.2 Å². The summed E-state index contributed by atoms with van der Waals surface area (Å²) in [5, 5.41) is 0.846. The first-order chi connectivity index (χ1) is 8.70. The first-order valence-electron chi connectivity index (χ1n) is 6.09. The number of aromatic nitrogens is 1. The summed E-state index contributed by atoms with van der Waals surface area (Å²) in [6.07, 6.45) is 4.17. The van der Waals surface area contributed by atoms with Crippen LogP contribution in [-0.2, 0) is 0 Å². The summed E-state index contributed by atoms with van der Waals surface area (Å²) in [7, 11) is 0. The molecule has 0 aliphatic rings. The maximum Gasteiger partial charge on any atom is 0.256 e. The number of thioether (sulfide) groups is 1. The third-order valence-corrected chi connectivity index (χ3v) is 4.15. The fraction of sp³-hybridized carbons (Fsp3) is 0.357. The fourth-order valence-corrected chi connectivity index (χ4v) is 2.94. The third-order valence-electron chi connectivity index (χ3n) is 2.87. The summed E-state index contributed by atoms with van der Waals surface area (Å²) in [6, 6.07) is 8.53. The summed E-state index contributed by atoms with van der Waals surface area (Å²) in [6.45, 7) is 4.19. The average Bonchev–Trinajstić information content (AvgIpc) is 2.88. The molecule has 1 heterocycles. The zero-order valence-electron chi connectivity index (χ0n) is 10.7. The van der Waals surface area contributed by atoms with Crippen LogP contribution in [0, 0.1) is 6.92 Å². The van der Waals surface area contributed by atoms with Gasteiger partial charge >= 0.3 is 0 Å². The molecule has 0 radical (unpaired) electrons. The van der Waals surface area contributed by atoms with Crippen LogP contribution in [-0.4, -0.2) is 11.0 Å². The second kappa shape index (κ2) is 6.07. The molecule has 1 aromatic carbocycles. The standard InChI is InChI=1S/C14H18N2OS/c1-3-12(15)13(18-14-16-7-8-17-14)11-6-4-5-10(2)9-11/h4-9,12-13H,3,15H2,1-2H3. The number of hydrogen-bond acceptors (Lipinski definition) is 4. The van der Waals surface area contributed by atoms with Crippen LogP contribution in [0.4, 0.5) is 0 Å². The molecule has 4 heteroatoms. The van der Waals surface area contributed by atoms with E-state index in [-0.39, 0.29) is 11.3 Å². The van der Waals surface area contributed by atoms with Gasteiger partial charge in [0.25, 0.3) is 5.22 Å². The normalized spacial score (nSPS) is 14.4. The summed E-state index contributed by atoms with van der Waals surface area (Å²) in [5.74, 6) is 0. The van der Waals surface area contributed by atoms with E-state index in [1.54, 1.807) is 24.2 Å². The Kier molecular flexibility index (Phi) is 4.44. The summed E-state index contributed by atoms with van der Waals surface area (Å²) >= 11 is 1.59. The highest BCUT2D eigenvalue weighted by atomic mass is 32.2. The van der Waals surface area contributed by atoms with E-state index in [1.165, 1.54) is 11.1 Å². The molecule has 2 aromatic rings. The molecule has 0 aliphatic heterocycles. The quantitative estimate of drug-likeness (QED) is 0.837. The van der Waals surface area contributed by atoms with Crippen molar-refractivity contribution < 1.29 is 4.42 Å². The number of oxazole rings is 1. The molecule has 0 saturated carbocycles. The van der Waals surface area contributed by atoms with Crippen molar-refractivity contribution in [1.29, 1.82) is 0 Å². The van der Waals surface area contributed by atoms with Crippen molar-refractivity contribution in [2.45, 2.75) is 36.8 Å². The van der Waals surface area contributed by atoms with Crippen molar-refractivity contribution in [3.05, 3.63) is 47.9 Å². The van der Waals surface area contributed by atoms with Gasteiger partial charge in [-0.15, -0.1) is 0 Å². The molecule has 96 valence electrons. The zero-order chi connectivity index (χ0) is 13.0. The van der Waals surface area contributed by atoms with Crippen molar-refractivity contribution in [1.82, 2.24) is 4.98 Å². The molecule has 2 unspecified atom stereocenters. The lowest BCUT2D eigenvalue weighted by atomic mass is 10.0. The molecule has 2 rings (SSSR count). The molecule has 0 fully saturated rings. The summed E-state index contributed by atoms with van der Waals surface area (Å²) in [4.78, 5) is 4.16. The number of rotatable bonds is 5. The van der Waals surface area contributed by atoms with Gasteiger partial charge in [-0.05, 0) is 18.9 Å². The van der Waals surface area contributed by atoms with Crippen LogP contribution in [0.5, 0.6) is 0 Å². The molecule has 0 spiro atoms. The lowest BCUT2D eigenvalue weighted by Crippen LogP contribution is -2.25. The highest BCUT2D eigenvalue weighted by Gasteiger charge is 2.21. The average molecular weight is 262 g/mol. The van der Waals surface area contributed by atoms with E-state index in [1.807, 2.05) is 0 Å². The predicted molar refractivity (Wildman–Crippen MR) is 74.5 cm³/mol. The van der Waals surface area contributed by atoms with Gasteiger partial charge in [-0.2, -0.15) is 0 Å². The monoisotopic (exact) mass is 262 g/mol. The molecule has 2 N–H and O–H groups in total. The zero-order valence-corrected chi connectivity index (χ0v) is 11.5. The van der Waals surface area contributed by atoms with E-state index >= 15 is 0 Å². The molecule has 0 aliphatic carbocycles. The van der Waals surface area contributed by atoms with Gasteiger partial charge in [0.2, 0.25) is 0 Å². The maximum absolute atomic E-state index is 6.23. The van der Waals surface area contributed by atoms with Gasteiger partial charge in [0.1, 0.15) is 6.26 Å². The minimum absolute atomic E-state index is 0.0868. The van der Waals surface area contributed by atoms with Crippen molar-refractivity contribution in [2.75, 3.05) is 0 Å². The van der Waals surface area contributed by atoms with Gasteiger partial charge in [-0.25, -0.2) is 4.98 Å². The third kappa shape index (κ3) is 3.15. The smallest absolute Gasteiger partial charge is 0.256 e. The van der Waals surface area contributed by atoms with Crippen LogP contribution in [0.1, 0.15) is 29.7 Å². The Morgan fingerprint density at radius 3 is 2.89 bits per heavy atom. The first kappa shape index (κ1) is 13.2. The van der Waals surface area contributed by atoms with Crippen LogP contribution in [0.3, 0.4) is 0 Å². The van der Waals surface area contributed by atoms with Gasteiger partial charge in [-0.3, -0.25) is 0 Å². The molecule has 18 heavy (non-hydrogen) atoms. The SMILES string of the molecule is CCC(N)C(Sc1ncco1)c1cccc(C)c1. The van der Waals surface area contributed by atoms with Crippen LogP contribution >= 0.6 is 11.8 Å². The van der Waals surface area contributed by atoms with Crippen LogP contribution in [0.2, 0.25) is 0 Å². The van der Waals surface area contributed by atoms with Crippen LogP contribution < -0.4 is 5.73 Å². The van der Waals surface area contributed by atoms with Gasteiger partial charge in [-0.1, -0.05) is 48.5 Å². The van der Waals surface area contributed by atoms with Gasteiger partial charge < -0.3 is 10.2 Å². The minimum Gasteiger partial charge on any atom is -0.440 e. The Hall–Kier alpha value is -1.26. The second-order valence-corrected chi connectivity index (χ2v) is 5.42. The Bertz CT molecular complexity index is 484. The largest absolute Gasteiger partial charge is 0.440 e. The van der Waals surface area contributed by atoms with Crippen molar-refractivity contribution in [3.8, 4) is 0 Å². The maximum atomic E-state index is 6.23. The number of hydrogen-bond donors (Lipinski definition) is 1. The number of benzene rings is 1. The lowest BCUT2D eigenvalue weighted by Gasteiger charge is -2.21. The van der Waals surface area contributed by atoms with Crippen molar-refractivity contribution in [2.24, 2.45) is 5.73 Å². The molecule has 1 aromatic heterocycles. The van der Waals surface area contributed by atoms with E-state index in [9.17, 15) is 0 Å². The van der Waals surface area contributed by atoms with E-state index in [0.717, 1.165) is 6.42 Å². The highest BCUT2D eigenvalue weighted by Crippen LogP contribution is 2.37.